The number of carbonyl (C=O) groups is 2. The Morgan fingerprint density at radius 2 is 2.18 bits per heavy atom. The third-order valence-corrected chi connectivity index (χ3v) is 5.88. The van der Waals surface area contributed by atoms with E-state index >= 15 is 0 Å². The van der Waals surface area contributed by atoms with Crippen molar-refractivity contribution in [3.05, 3.63) is 52.1 Å². The Morgan fingerprint density at radius 3 is 2.93 bits per heavy atom. The van der Waals surface area contributed by atoms with E-state index in [-0.39, 0.29) is 18.3 Å². The summed E-state index contributed by atoms with van der Waals surface area (Å²) in [4.78, 5) is 24.2. The molecule has 0 fully saturated rings. The molecule has 1 aromatic carbocycles. The molecule has 2 aromatic heterocycles. The maximum absolute atomic E-state index is 12.3. The molecular weight excluding hydrogens is 420 g/mol. The molecule has 1 N–H and O–H groups in total. The Labute approximate surface area is 175 Å². The fraction of sp³-hybridized carbons (Fsp3) is 0.222. The first-order valence-electron chi connectivity index (χ1n) is 8.33. The smallest absolute Gasteiger partial charge is 0.341 e. The molecular formula is C18H17ClN4O3S2. The highest BCUT2D eigenvalue weighted by Gasteiger charge is 2.17. The summed E-state index contributed by atoms with van der Waals surface area (Å²) in [5, 5.41) is 14.1. The molecule has 28 heavy (non-hydrogen) atoms. The SMILES string of the molecule is CCOC(=O)c1ccsc1NC(=O)CSc1nncn1-c1ccc(C)c(Cl)c1. The van der Waals surface area contributed by atoms with Crippen LogP contribution >= 0.6 is 34.7 Å². The van der Waals surface area contributed by atoms with Crippen LogP contribution in [0.4, 0.5) is 5.00 Å². The molecule has 3 rings (SSSR count). The van der Waals surface area contributed by atoms with E-state index in [1.54, 1.807) is 29.3 Å². The average molecular weight is 437 g/mol. The molecule has 0 bridgehead atoms. The Morgan fingerprint density at radius 1 is 1.36 bits per heavy atom. The first kappa shape index (κ1) is 20.4. The number of nitrogens with one attached hydrogen (secondary N) is 1. The quantitative estimate of drug-likeness (QED) is 0.441. The van der Waals surface area contributed by atoms with E-state index in [9.17, 15) is 9.59 Å². The number of aryl methyl sites for hydroxylation is 1. The van der Waals surface area contributed by atoms with Gasteiger partial charge < -0.3 is 10.1 Å². The summed E-state index contributed by atoms with van der Waals surface area (Å²) in [5.41, 5.74) is 2.13. The molecule has 146 valence electrons. The molecule has 7 nitrogen and oxygen atoms in total. The number of amides is 1. The van der Waals surface area contributed by atoms with Crippen LogP contribution in [0.25, 0.3) is 5.69 Å². The van der Waals surface area contributed by atoms with Crippen LogP contribution in [0.5, 0.6) is 0 Å². The lowest BCUT2D eigenvalue weighted by Crippen LogP contribution is -2.16. The summed E-state index contributed by atoms with van der Waals surface area (Å²) >= 11 is 8.70. The molecule has 3 aromatic rings. The van der Waals surface area contributed by atoms with Crippen molar-refractivity contribution in [2.75, 3.05) is 17.7 Å². The second-order valence-corrected chi connectivity index (χ2v) is 7.90. The Balaban J connectivity index is 1.65. The van der Waals surface area contributed by atoms with E-state index in [0.717, 1.165) is 11.3 Å². The van der Waals surface area contributed by atoms with Crippen LogP contribution in [0, 0.1) is 6.92 Å². The number of carbonyl (C=O) groups excluding carboxylic acids is 2. The number of halogens is 1. The van der Waals surface area contributed by atoms with Crippen LogP contribution in [-0.2, 0) is 9.53 Å². The summed E-state index contributed by atoms with van der Waals surface area (Å²) in [6.45, 7) is 3.93. The van der Waals surface area contributed by atoms with Gasteiger partial charge in [0.2, 0.25) is 5.91 Å². The zero-order valence-electron chi connectivity index (χ0n) is 15.1. The van der Waals surface area contributed by atoms with Gasteiger partial charge in [-0.1, -0.05) is 29.4 Å². The fourth-order valence-corrected chi connectivity index (χ4v) is 3.99. The van der Waals surface area contributed by atoms with E-state index in [0.29, 0.717) is 20.7 Å². The molecule has 1 amide bonds. The van der Waals surface area contributed by atoms with Crippen molar-refractivity contribution in [3.63, 3.8) is 0 Å². The van der Waals surface area contributed by atoms with E-state index in [4.69, 9.17) is 16.3 Å². The normalized spacial score (nSPS) is 10.7. The number of anilines is 1. The van der Waals surface area contributed by atoms with Crippen LogP contribution in [-0.4, -0.2) is 39.0 Å². The minimum atomic E-state index is -0.456. The van der Waals surface area contributed by atoms with Gasteiger partial charge in [0.15, 0.2) is 5.16 Å². The Hall–Kier alpha value is -2.36. The van der Waals surface area contributed by atoms with Crippen LogP contribution in [0.15, 0.2) is 41.1 Å². The van der Waals surface area contributed by atoms with E-state index in [1.807, 2.05) is 25.1 Å². The molecule has 2 heterocycles. The predicted octanol–water partition coefficient (Wildman–Crippen LogP) is 4.20. The van der Waals surface area contributed by atoms with Gasteiger partial charge in [0.1, 0.15) is 11.3 Å². The predicted molar refractivity (Wildman–Crippen MR) is 111 cm³/mol. The molecule has 0 aliphatic carbocycles. The highest BCUT2D eigenvalue weighted by Crippen LogP contribution is 2.26. The van der Waals surface area contributed by atoms with Crippen molar-refractivity contribution in [1.29, 1.82) is 0 Å². The molecule has 0 aliphatic heterocycles. The van der Waals surface area contributed by atoms with Gasteiger partial charge in [-0.2, -0.15) is 0 Å². The number of rotatable bonds is 7. The van der Waals surface area contributed by atoms with Crippen LogP contribution in [0.2, 0.25) is 5.02 Å². The number of esters is 1. The summed E-state index contributed by atoms with van der Waals surface area (Å²) < 4.78 is 6.75. The van der Waals surface area contributed by atoms with Gasteiger partial charge in [-0.25, -0.2) is 4.79 Å². The molecule has 10 heteroatoms. The number of thiophene rings is 1. The lowest BCUT2D eigenvalue weighted by atomic mass is 10.2. The summed E-state index contributed by atoms with van der Waals surface area (Å²) in [6, 6.07) is 7.27. The number of thioether (sulfide) groups is 1. The maximum Gasteiger partial charge on any atom is 0.341 e. The Bertz CT molecular complexity index is 1000. The second-order valence-electron chi connectivity index (χ2n) is 5.64. The van der Waals surface area contributed by atoms with Crippen molar-refractivity contribution >= 4 is 51.6 Å². The van der Waals surface area contributed by atoms with Crippen LogP contribution in [0.1, 0.15) is 22.8 Å². The lowest BCUT2D eigenvalue weighted by molar-refractivity contribution is -0.113. The topological polar surface area (TPSA) is 86.1 Å². The maximum atomic E-state index is 12.3. The Kier molecular flexibility index (Phi) is 6.71. The highest BCUT2D eigenvalue weighted by molar-refractivity contribution is 7.99. The first-order chi connectivity index (χ1) is 13.5. The number of hydrogen-bond acceptors (Lipinski definition) is 7. The fourth-order valence-electron chi connectivity index (χ4n) is 2.30. The average Bonchev–Trinajstić information content (AvgIpc) is 3.32. The van der Waals surface area contributed by atoms with Gasteiger partial charge in [-0.05, 0) is 43.0 Å². The van der Waals surface area contributed by atoms with Crippen LogP contribution < -0.4 is 5.32 Å². The van der Waals surface area contributed by atoms with Gasteiger partial charge in [-0.3, -0.25) is 9.36 Å². The number of ether oxygens (including phenoxy) is 1. The number of benzene rings is 1. The minimum Gasteiger partial charge on any atom is -0.462 e. The largest absolute Gasteiger partial charge is 0.462 e. The van der Waals surface area contributed by atoms with Gasteiger partial charge in [0.05, 0.1) is 23.6 Å². The van der Waals surface area contributed by atoms with Gasteiger partial charge in [0, 0.05) is 5.02 Å². The second kappa shape index (κ2) is 9.22. The van der Waals surface area contributed by atoms with Crippen LogP contribution in [0.3, 0.4) is 0 Å². The third-order valence-electron chi connectivity index (χ3n) is 3.70. The molecule has 0 radical (unpaired) electrons. The van der Waals surface area contributed by atoms with Crippen molar-refractivity contribution in [3.8, 4) is 5.69 Å². The summed E-state index contributed by atoms with van der Waals surface area (Å²) in [6.07, 6.45) is 1.57. The van der Waals surface area contributed by atoms with Crippen molar-refractivity contribution in [2.24, 2.45) is 0 Å². The molecule has 0 saturated heterocycles. The molecule has 0 aliphatic rings. The number of aromatic nitrogens is 3. The van der Waals surface area contributed by atoms with E-state index in [1.165, 1.54) is 23.1 Å². The van der Waals surface area contributed by atoms with Gasteiger partial charge in [-0.15, -0.1) is 21.5 Å². The van der Waals surface area contributed by atoms with Crippen molar-refractivity contribution < 1.29 is 14.3 Å². The van der Waals surface area contributed by atoms with E-state index in [2.05, 4.69) is 15.5 Å². The van der Waals surface area contributed by atoms with Gasteiger partial charge >= 0.3 is 5.97 Å². The highest BCUT2D eigenvalue weighted by atomic mass is 35.5. The van der Waals surface area contributed by atoms with Crippen molar-refractivity contribution in [2.45, 2.75) is 19.0 Å². The zero-order valence-corrected chi connectivity index (χ0v) is 17.5. The number of nitrogens with zero attached hydrogens (tertiary/aromatic N) is 3. The lowest BCUT2D eigenvalue weighted by Gasteiger charge is -2.08. The molecule has 0 unspecified atom stereocenters. The molecule has 0 atom stereocenters. The summed E-state index contributed by atoms with van der Waals surface area (Å²) in [5.74, 6) is -0.601. The zero-order chi connectivity index (χ0) is 20.1. The third kappa shape index (κ3) is 4.73. The first-order valence-corrected chi connectivity index (χ1v) is 10.6. The minimum absolute atomic E-state index is 0.110. The number of hydrogen-bond donors (Lipinski definition) is 1. The monoisotopic (exact) mass is 436 g/mol. The molecule has 0 spiro atoms. The standard InChI is InChI=1S/C18H17ClN4O3S2/c1-3-26-17(25)13-6-7-27-16(13)21-15(24)9-28-18-22-20-10-23(18)12-5-4-11(2)14(19)8-12/h4-8,10H,3,9H2,1-2H3,(H,21,24). The van der Waals surface area contributed by atoms with Crippen molar-refractivity contribution in [1.82, 2.24) is 14.8 Å². The molecule has 0 saturated carbocycles. The summed E-state index contributed by atoms with van der Waals surface area (Å²) in [7, 11) is 0. The van der Waals surface area contributed by atoms with E-state index < -0.39 is 5.97 Å². The van der Waals surface area contributed by atoms with Gasteiger partial charge in [0.25, 0.3) is 0 Å².